The van der Waals surface area contributed by atoms with Crippen LogP contribution in [0.4, 0.5) is 28.1 Å². The number of fused-ring (bicyclic) bond motifs is 2. The molecule has 0 aliphatic carbocycles. The molecule has 63 heteroatoms. The molecular weight excluding hydrogens is 1830 g/mol. The number of nitrogens with two attached hydrogens (primary N) is 4. The number of aliphatic hydroxyl groups excluding tert-OH is 3. The summed E-state index contributed by atoms with van der Waals surface area (Å²) in [5, 5.41) is 51.0. The number of carbonyl (C=O) groups excluding carboxylic acids is 3. The van der Waals surface area contributed by atoms with Gasteiger partial charge in [0.1, 0.15) is 120 Å². The normalized spacial score (nSPS) is 24.5. The van der Waals surface area contributed by atoms with Crippen LogP contribution >= 0.6 is 74.5 Å². The second-order valence-electron chi connectivity index (χ2n) is 28.8. The van der Waals surface area contributed by atoms with E-state index in [1.807, 2.05) is 13.8 Å². The minimum Gasteiger partial charge on any atom is -0.455 e. The third kappa shape index (κ3) is 30.8. The number of esters is 2. The number of aromatic nitrogens is 12. The highest BCUT2D eigenvalue weighted by Crippen LogP contribution is 2.52. The lowest BCUT2D eigenvalue weighted by Crippen LogP contribution is -2.49. The summed E-state index contributed by atoms with van der Waals surface area (Å²) in [6, 6.07) is 2.84. The number of phosphoric ester groups is 4. The third-order valence-corrected chi connectivity index (χ3v) is 27.1. The van der Waals surface area contributed by atoms with E-state index in [0.717, 1.165) is 15.5 Å². The molecule has 18 N–H and O–H groups in total. The van der Waals surface area contributed by atoms with Gasteiger partial charge in [-0.05, 0) is 56.8 Å². The summed E-state index contributed by atoms with van der Waals surface area (Å²) in [7, 11) is -14.3. The van der Waals surface area contributed by atoms with Crippen molar-refractivity contribution in [3.8, 4) is 6.07 Å². The Bertz CT molecular complexity index is 5160. The average molecular weight is 1920 g/mol. The SMILES string of the molecule is CC(C)SSC(CN=[N+]=[N-])C[C@H](C)C(=O)OCC#N.CC(C)SSC(CN=[N+]=[N-])C[C@H](NC(=O)OC(C)(C)C)C(=O)O[C@H]1[C@@H](O)[C@H](n2cnc3c(N)ncnc32)O[C@@H]1COP(=O)(O)O[C@H]1C[C@H](n2ccc(N)nc2=O)O[C@@H]1COP(=O)(O)O.Nc1ccn([C@H]2C[C@H](OP(=O)(O)OC[C@H]3O[C@@H](n4cnc5c(N)ncnc54)[C@H](O)[C@@H]3O)[C@@H](COP(=O)(O)O)O2)c(=O)n1. The van der Waals surface area contributed by atoms with Crippen LogP contribution in [0.15, 0.2) is 69.7 Å². The van der Waals surface area contributed by atoms with Gasteiger partial charge in [-0.1, -0.05) is 88.0 Å². The predicted octanol–water partition coefficient (Wildman–Crippen LogP) is 3.38. The van der Waals surface area contributed by atoms with Crippen LogP contribution in [-0.4, -0.2) is 261 Å². The van der Waals surface area contributed by atoms with Crippen LogP contribution in [0.2, 0.25) is 0 Å². The van der Waals surface area contributed by atoms with Gasteiger partial charge in [0.15, 0.2) is 48.1 Å². The maximum atomic E-state index is 14.2. The quantitative estimate of drug-likeness (QED) is 0.00500. The number of carbonyl (C=O) groups is 3. The molecule has 0 saturated carbocycles. The van der Waals surface area contributed by atoms with Gasteiger partial charge in [0.25, 0.3) is 0 Å². The molecule has 1 amide bonds. The summed E-state index contributed by atoms with van der Waals surface area (Å²) in [4.78, 5) is 159. The fourth-order valence-electron chi connectivity index (χ4n) is 11.9. The molecule has 6 aromatic heterocycles. The van der Waals surface area contributed by atoms with Crippen molar-refractivity contribution in [1.29, 1.82) is 5.26 Å². The third-order valence-electron chi connectivity index (χ3n) is 17.3. The van der Waals surface area contributed by atoms with Gasteiger partial charge in [-0.25, -0.2) is 67.3 Å². The van der Waals surface area contributed by atoms with Gasteiger partial charge in [-0.15, -0.1) is 0 Å². The molecule has 125 heavy (non-hydrogen) atoms. The number of ether oxygens (including phenoxy) is 7. The van der Waals surface area contributed by atoms with Crippen molar-refractivity contribution in [2.24, 2.45) is 16.1 Å². The average Bonchev–Trinajstić information content (AvgIpc) is 1.62. The molecule has 4 aliphatic rings. The topological polar surface area (TPSA) is 816 Å². The van der Waals surface area contributed by atoms with Crippen molar-refractivity contribution in [3.05, 3.63) is 91.7 Å². The van der Waals surface area contributed by atoms with E-state index in [-0.39, 0.29) is 100 Å². The minimum absolute atomic E-state index is 0.0162. The number of nitrogen functional groups attached to an aromatic ring is 4. The summed E-state index contributed by atoms with van der Waals surface area (Å²) >= 11 is 0. The molecule has 20 atom stereocenters. The number of hydrogen-bond donors (Lipinski definition) is 14. The van der Waals surface area contributed by atoms with Crippen molar-refractivity contribution in [2.75, 3.05) is 69.1 Å². The van der Waals surface area contributed by atoms with Crippen molar-refractivity contribution in [2.45, 2.75) is 200 Å². The van der Waals surface area contributed by atoms with Crippen LogP contribution in [-0.2, 0) is 88.1 Å². The number of alkyl carbamates (subject to hydrolysis) is 1. The molecule has 10 rings (SSSR count). The van der Waals surface area contributed by atoms with E-state index >= 15 is 0 Å². The molecule has 4 aliphatic heterocycles. The number of aliphatic hydroxyl groups is 3. The second-order valence-corrected chi connectivity index (χ2v) is 40.4. The first-order valence-electron chi connectivity index (χ1n) is 37.0. The van der Waals surface area contributed by atoms with Crippen LogP contribution in [0.3, 0.4) is 0 Å². The molecule has 55 nitrogen and oxygen atoms in total. The number of nitrogens with zero attached hydrogens (tertiary/aromatic N) is 19. The number of amides is 1. The van der Waals surface area contributed by atoms with Crippen molar-refractivity contribution >= 4 is 138 Å². The van der Waals surface area contributed by atoms with Gasteiger partial charge in [0.2, 0.25) is 0 Å². The molecule has 0 radical (unpaired) electrons. The van der Waals surface area contributed by atoms with Crippen LogP contribution in [0.5, 0.6) is 0 Å². The number of phosphoric acid groups is 4. The van der Waals surface area contributed by atoms with Gasteiger partial charge in [-0.2, -0.15) is 15.2 Å². The highest BCUT2D eigenvalue weighted by Gasteiger charge is 2.52. The lowest BCUT2D eigenvalue weighted by atomic mass is 10.1. The highest BCUT2D eigenvalue weighted by atomic mass is 33.1. The maximum absolute atomic E-state index is 14.2. The summed E-state index contributed by atoms with van der Waals surface area (Å²) in [5.74, 6) is -1.95. The van der Waals surface area contributed by atoms with E-state index < -0.39 is 184 Å². The maximum Gasteiger partial charge on any atom is 0.472 e. The molecule has 0 bridgehead atoms. The van der Waals surface area contributed by atoms with Crippen molar-refractivity contribution in [1.82, 2.24) is 63.5 Å². The summed E-state index contributed by atoms with van der Waals surface area (Å²) in [6.45, 7) is 11.3. The standard InChI is InChI=1S/C32H48N12O16P2S2.C19H26N8O13P2.C11H18N4O2S2/c1-15(2)63-64-16(10-39-42-35)8-17(40-31(48)59-32(3,4)5)29(46)58-25-20(57-28(24(25)45)44-14-38-23-26(34)36-13-37-27(23)44)12-55-62(52,53)60-18-9-22(43-7-6-21(33)41-30(43)47)56-19(18)11-54-61(49,50)51;20-11-1-2-26(19(30)25-11)12-3-8(9(38-12)4-36-41(31,32)33)40-42(34,35)37-5-10-14(28)15(29)18(39-10)27-7-24-13-16(21)22-6-23-17(13)27;1-8(2)18-19-10(7-14-15-13)6-9(3)11(16)17-5-4-12/h6-7,13-20,22,24-25,28,45H,8-12H2,1-5H3,(H,40,48)(H,52,53)(H2,33,41,47)(H2,34,36,37)(H2,49,50,51);1-2,6-10,12,14-15,18,28-29H,3-5H2,(H,34,35)(H2,20,25,30)(H2,21,22,23)(H2,31,32,33);8-10H,5-7H2,1-3H3/t16?,17-,18-,19+,20+,22+,24+,25+,28+;8-,9+,10+,12+,14+,15+,18+;9-,10?/m000/s1. The summed E-state index contributed by atoms with van der Waals surface area (Å²) in [6.07, 6.45) is -14.3. The molecule has 6 aromatic rings. The van der Waals surface area contributed by atoms with E-state index in [1.54, 1.807) is 55.4 Å². The van der Waals surface area contributed by atoms with Gasteiger partial charge < -0.3 is 106 Å². The predicted molar refractivity (Wildman–Crippen MR) is 440 cm³/mol. The van der Waals surface area contributed by atoms with E-state index in [9.17, 15) is 77.1 Å². The Kier molecular flexibility index (Phi) is 37.5. The number of nitriles is 1. The van der Waals surface area contributed by atoms with Crippen molar-refractivity contribution in [3.63, 3.8) is 0 Å². The zero-order valence-electron chi connectivity index (χ0n) is 67.2. The smallest absolute Gasteiger partial charge is 0.455 e. The minimum atomic E-state index is -5.27. The lowest BCUT2D eigenvalue weighted by Gasteiger charge is -2.28. The van der Waals surface area contributed by atoms with Crippen LogP contribution < -0.4 is 39.6 Å². The molecule has 4 fully saturated rings. The van der Waals surface area contributed by atoms with Crippen molar-refractivity contribution < 1.29 is 138 Å². The summed E-state index contributed by atoms with van der Waals surface area (Å²) in [5.41, 5.74) is 38.2. The Hall–Kier alpha value is -8.06. The molecule has 0 aromatic carbocycles. The number of rotatable bonds is 39. The van der Waals surface area contributed by atoms with Gasteiger partial charge in [0, 0.05) is 69.1 Å². The van der Waals surface area contributed by atoms with E-state index in [4.69, 9.17) is 100 Å². The van der Waals surface area contributed by atoms with Gasteiger partial charge >= 0.3 is 60.7 Å². The molecule has 4 unspecified atom stereocenters. The molecule has 0 spiro atoms. The van der Waals surface area contributed by atoms with Gasteiger partial charge in [-0.3, -0.25) is 50.2 Å². The zero-order chi connectivity index (χ0) is 92.2. The number of anilines is 4. The second kappa shape index (κ2) is 45.8. The molecular formula is C62H92N24O31P4S4. The molecule has 4 saturated heterocycles. The molecule has 690 valence electrons. The number of hydrogen-bond acceptors (Lipinski definition) is 44. The Balaban J connectivity index is 0.000000270. The lowest BCUT2D eigenvalue weighted by molar-refractivity contribution is -0.159. The first-order chi connectivity index (χ1) is 58.7. The number of imidazole rings is 2. The first kappa shape index (κ1) is 102. The fourth-order valence-corrected chi connectivity index (χ4v) is 19.2. The number of azide groups is 2. The summed E-state index contributed by atoms with van der Waals surface area (Å²) < 4.78 is 123. The van der Waals surface area contributed by atoms with Crippen LogP contribution in [0.1, 0.15) is 106 Å². The van der Waals surface area contributed by atoms with Gasteiger partial charge in [0.05, 0.1) is 45.0 Å². The molecule has 10 heterocycles. The fraction of sp³-hybridized carbons (Fsp3) is 0.645. The first-order valence-corrected chi connectivity index (χ1v) is 47.6. The largest absolute Gasteiger partial charge is 0.472 e. The Morgan fingerprint density at radius 3 is 1.49 bits per heavy atom. The Labute approximate surface area is 723 Å². The zero-order valence-corrected chi connectivity index (χ0v) is 74.0. The monoisotopic (exact) mass is 1920 g/mol. The Morgan fingerprint density at radius 1 is 0.616 bits per heavy atom. The van der Waals surface area contributed by atoms with Crippen LogP contribution in [0.25, 0.3) is 43.2 Å². The van der Waals surface area contributed by atoms with Crippen LogP contribution in [0, 0.1) is 17.2 Å². The van der Waals surface area contributed by atoms with E-state index in [1.165, 1.54) is 74.2 Å². The van der Waals surface area contributed by atoms with E-state index in [2.05, 4.69) is 88.1 Å². The number of nitrogens with one attached hydrogen (secondary N) is 1. The Morgan fingerprint density at radius 2 is 1.06 bits per heavy atom. The van der Waals surface area contributed by atoms with E-state index in [0.29, 0.717) is 18.2 Å². The highest BCUT2D eigenvalue weighted by molar-refractivity contribution is 8.77.